The van der Waals surface area contributed by atoms with Gasteiger partial charge in [0.15, 0.2) is 11.5 Å². The van der Waals surface area contributed by atoms with Crippen LogP contribution in [-0.2, 0) is 10.2 Å². The zero-order valence-corrected chi connectivity index (χ0v) is 16.2. The maximum atomic E-state index is 14.2. The molecule has 0 spiro atoms. The van der Waals surface area contributed by atoms with Crippen LogP contribution in [0.3, 0.4) is 0 Å². The number of hydrogen-bond donors (Lipinski definition) is 2. The number of aromatic nitrogens is 1. The topological polar surface area (TPSA) is 75.4 Å². The van der Waals surface area contributed by atoms with Crippen molar-refractivity contribution in [2.75, 3.05) is 0 Å². The van der Waals surface area contributed by atoms with E-state index in [-0.39, 0.29) is 11.7 Å². The molecule has 1 amide bonds. The number of oxazole rings is 1. The van der Waals surface area contributed by atoms with Gasteiger partial charge in [-0.15, -0.1) is 0 Å². The summed E-state index contributed by atoms with van der Waals surface area (Å²) >= 11 is 0. The second-order valence-corrected chi connectivity index (χ2v) is 8.43. The summed E-state index contributed by atoms with van der Waals surface area (Å²) in [4.78, 5) is 17.4. The summed E-state index contributed by atoms with van der Waals surface area (Å²) in [7, 11) is 0. The Morgan fingerprint density at radius 3 is 2.83 bits per heavy atom. The van der Waals surface area contributed by atoms with Crippen LogP contribution in [0.25, 0.3) is 11.1 Å². The monoisotopic (exact) mass is 394 g/mol. The van der Waals surface area contributed by atoms with Gasteiger partial charge in [-0.3, -0.25) is 10.0 Å². The van der Waals surface area contributed by atoms with Crippen molar-refractivity contribution in [3.8, 4) is 0 Å². The summed E-state index contributed by atoms with van der Waals surface area (Å²) in [5.41, 5.74) is 4.70. The summed E-state index contributed by atoms with van der Waals surface area (Å²) in [6.07, 6.45) is 4.07. The van der Waals surface area contributed by atoms with E-state index < -0.39 is 11.3 Å². The summed E-state index contributed by atoms with van der Waals surface area (Å²) in [5, 5.41) is 9.43. The molecule has 2 aromatic carbocycles. The Morgan fingerprint density at radius 1 is 1.24 bits per heavy atom. The van der Waals surface area contributed by atoms with Gasteiger partial charge in [0.2, 0.25) is 0 Å². The molecule has 29 heavy (non-hydrogen) atoms. The predicted octanol–water partition coefficient (Wildman–Crippen LogP) is 4.86. The summed E-state index contributed by atoms with van der Waals surface area (Å²) in [6, 6.07) is 10.8. The summed E-state index contributed by atoms with van der Waals surface area (Å²) in [5.74, 6) is 0.558. The molecule has 5 rings (SSSR count). The van der Waals surface area contributed by atoms with Crippen molar-refractivity contribution in [2.24, 2.45) is 0 Å². The highest BCUT2D eigenvalue weighted by atomic mass is 19.1. The van der Waals surface area contributed by atoms with Crippen molar-refractivity contribution in [1.82, 2.24) is 10.5 Å². The molecule has 0 aliphatic heterocycles. The molecule has 1 heterocycles. The minimum Gasteiger partial charge on any atom is -0.440 e. The summed E-state index contributed by atoms with van der Waals surface area (Å²) in [6.45, 7) is 1.69. The number of halogens is 1. The first kappa shape index (κ1) is 18.3. The largest absolute Gasteiger partial charge is 0.440 e. The van der Waals surface area contributed by atoms with Crippen molar-refractivity contribution in [2.45, 2.75) is 56.3 Å². The molecule has 0 saturated heterocycles. The Hall–Kier alpha value is -2.73. The number of carbonyl (C=O) groups is 1. The molecule has 6 heteroatoms. The van der Waals surface area contributed by atoms with Crippen molar-refractivity contribution in [3.05, 3.63) is 64.8 Å². The number of carbonyl (C=O) groups excluding carboxylic acids is 1. The Kier molecular flexibility index (Phi) is 4.21. The van der Waals surface area contributed by atoms with E-state index in [1.807, 2.05) is 23.7 Å². The van der Waals surface area contributed by atoms with Gasteiger partial charge in [0.25, 0.3) is 5.91 Å². The Bertz CT molecular complexity index is 1100. The number of amides is 1. The lowest BCUT2D eigenvalue weighted by atomic mass is 9.75. The van der Waals surface area contributed by atoms with Gasteiger partial charge in [0.05, 0.1) is 5.41 Å². The van der Waals surface area contributed by atoms with E-state index >= 15 is 0 Å². The third-order valence-corrected chi connectivity index (χ3v) is 6.66. The maximum absolute atomic E-state index is 14.2. The number of rotatable bonds is 4. The van der Waals surface area contributed by atoms with E-state index in [9.17, 15) is 14.4 Å². The van der Waals surface area contributed by atoms with Crippen LogP contribution in [0.1, 0.15) is 66.5 Å². The van der Waals surface area contributed by atoms with Gasteiger partial charge in [0.1, 0.15) is 11.3 Å². The second-order valence-electron chi connectivity index (χ2n) is 8.43. The molecule has 1 aromatic heterocycles. The Morgan fingerprint density at radius 2 is 2.07 bits per heavy atom. The molecule has 2 aliphatic rings. The van der Waals surface area contributed by atoms with Gasteiger partial charge in [-0.05, 0) is 79.8 Å². The fourth-order valence-electron chi connectivity index (χ4n) is 4.86. The number of fused-ring (bicyclic) bond motifs is 1. The minimum atomic E-state index is -0.955. The Labute approximate surface area is 167 Å². The predicted molar refractivity (Wildman–Crippen MR) is 105 cm³/mol. The van der Waals surface area contributed by atoms with Crippen molar-refractivity contribution in [1.29, 1.82) is 0 Å². The van der Waals surface area contributed by atoms with Crippen molar-refractivity contribution in [3.63, 3.8) is 0 Å². The molecule has 0 unspecified atom stereocenters. The second kappa shape index (κ2) is 6.66. The molecule has 2 atom stereocenters. The number of hydrogen-bond acceptors (Lipinski definition) is 4. The van der Waals surface area contributed by atoms with E-state index in [2.05, 4.69) is 4.98 Å². The highest BCUT2D eigenvalue weighted by Gasteiger charge is 2.48. The standard InChI is InChI=1S/C23H23FN2O3/c1-13-17(3-2-4-18(13)24)23(22(27)26-28)10-9-16(12-23)15-7-8-20-19(11-15)25-21(29-20)14-5-6-14/h2-4,7-8,11,14,16,28H,5-6,9-10,12H2,1H3,(H,26,27)/t16-,23-/m0/s1. The molecule has 150 valence electrons. The van der Waals surface area contributed by atoms with Crippen LogP contribution in [0.4, 0.5) is 4.39 Å². The van der Waals surface area contributed by atoms with Crippen LogP contribution in [-0.4, -0.2) is 16.1 Å². The average molecular weight is 394 g/mol. The zero-order chi connectivity index (χ0) is 20.2. The minimum absolute atomic E-state index is 0.112. The highest BCUT2D eigenvalue weighted by molar-refractivity contribution is 5.88. The third-order valence-electron chi connectivity index (χ3n) is 6.66. The maximum Gasteiger partial charge on any atom is 0.254 e. The van der Waals surface area contributed by atoms with E-state index in [1.54, 1.807) is 19.1 Å². The van der Waals surface area contributed by atoms with Gasteiger partial charge in [-0.1, -0.05) is 18.2 Å². The molecule has 2 N–H and O–H groups in total. The average Bonchev–Trinajstić information content (AvgIpc) is 3.34. The van der Waals surface area contributed by atoms with Gasteiger partial charge in [-0.25, -0.2) is 14.9 Å². The van der Waals surface area contributed by atoms with Gasteiger partial charge in [-0.2, -0.15) is 0 Å². The molecule has 2 fully saturated rings. The fourth-order valence-corrected chi connectivity index (χ4v) is 4.86. The van der Waals surface area contributed by atoms with Crippen LogP contribution in [0.5, 0.6) is 0 Å². The molecule has 0 bridgehead atoms. The van der Waals surface area contributed by atoms with E-state index in [4.69, 9.17) is 4.42 Å². The van der Waals surface area contributed by atoms with Crippen molar-refractivity contribution < 1.29 is 18.8 Å². The smallest absolute Gasteiger partial charge is 0.254 e. The highest BCUT2D eigenvalue weighted by Crippen LogP contribution is 2.50. The number of benzene rings is 2. The van der Waals surface area contributed by atoms with Crippen LogP contribution in [0, 0.1) is 12.7 Å². The first-order valence-corrected chi connectivity index (χ1v) is 10.1. The lowest BCUT2D eigenvalue weighted by Gasteiger charge is -2.29. The van der Waals surface area contributed by atoms with Crippen molar-refractivity contribution >= 4 is 17.0 Å². The SMILES string of the molecule is Cc1c(F)cccc1[C@]1(C(=O)NO)CC[C@H](c2ccc3oc(C4CC4)nc3c2)C1. The van der Waals surface area contributed by atoms with E-state index in [0.29, 0.717) is 29.9 Å². The lowest BCUT2D eigenvalue weighted by molar-refractivity contribution is -0.135. The molecular weight excluding hydrogens is 371 g/mol. The quantitative estimate of drug-likeness (QED) is 0.489. The molecular formula is C23H23FN2O3. The van der Waals surface area contributed by atoms with Crippen LogP contribution < -0.4 is 5.48 Å². The molecule has 0 radical (unpaired) electrons. The fraction of sp³-hybridized carbons (Fsp3) is 0.391. The normalized spacial score (nSPS) is 24.2. The molecule has 5 nitrogen and oxygen atoms in total. The molecule has 2 saturated carbocycles. The Balaban J connectivity index is 1.51. The first-order chi connectivity index (χ1) is 14.0. The van der Waals surface area contributed by atoms with Crippen LogP contribution in [0.15, 0.2) is 40.8 Å². The number of hydroxylamine groups is 1. The van der Waals surface area contributed by atoms with Crippen LogP contribution >= 0.6 is 0 Å². The molecule has 3 aromatic rings. The first-order valence-electron chi connectivity index (χ1n) is 10.1. The van der Waals surface area contributed by atoms with Gasteiger partial charge < -0.3 is 4.42 Å². The van der Waals surface area contributed by atoms with E-state index in [0.717, 1.165) is 41.8 Å². The van der Waals surface area contributed by atoms with Gasteiger partial charge in [0, 0.05) is 5.92 Å². The van der Waals surface area contributed by atoms with Crippen LogP contribution in [0.2, 0.25) is 0 Å². The third kappa shape index (κ3) is 2.94. The van der Waals surface area contributed by atoms with Gasteiger partial charge >= 0.3 is 0 Å². The van der Waals surface area contributed by atoms with E-state index in [1.165, 1.54) is 6.07 Å². The lowest BCUT2D eigenvalue weighted by Crippen LogP contribution is -2.42. The zero-order valence-electron chi connectivity index (χ0n) is 16.2. The number of nitrogens with zero attached hydrogens (tertiary/aromatic N) is 1. The molecule has 2 aliphatic carbocycles. The summed E-state index contributed by atoms with van der Waals surface area (Å²) < 4.78 is 20.1. The number of nitrogens with one attached hydrogen (secondary N) is 1.